The fraction of sp³-hybridized carbons (Fsp3) is 0.200. The van der Waals surface area contributed by atoms with Crippen molar-refractivity contribution in [1.82, 2.24) is 15.5 Å². The van der Waals surface area contributed by atoms with Crippen LogP contribution in [0.15, 0.2) is 24.4 Å². The van der Waals surface area contributed by atoms with Crippen molar-refractivity contribution < 1.29 is 13.2 Å². The molecule has 0 radical (unpaired) electrons. The minimum absolute atomic E-state index is 0.0152. The largest absolute Gasteiger partial charge is 0.351 e. The fourth-order valence-corrected chi connectivity index (χ4v) is 1.87. The second-order valence-electron chi connectivity index (χ2n) is 3.79. The molecule has 0 atom stereocenters. The van der Waals surface area contributed by atoms with E-state index in [4.69, 9.17) is 5.14 Å². The predicted molar refractivity (Wildman–Crippen MR) is 66.4 cm³/mol. The van der Waals surface area contributed by atoms with Gasteiger partial charge in [0.2, 0.25) is 10.0 Å². The molecule has 1 heterocycles. The Morgan fingerprint density at radius 2 is 2.22 bits per heavy atom. The van der Waals surface area contributed by atoms with Crippen LogP contribution >= 0.6 is 0 Å². The molecule has 0 aliphatic carbocycles. The number of fused-ring (bicyclic) bond motifs is 1. The first-order chi connectivity index (χ1) is 8.46. The molecule has 8 heteroatoms. The number of hydrogen-bond acceptors (Lipinski definition) is 4. The van der Waals surface area contributed by atoms with Crippen molar-refractivity contribution in [2.24, 2.45) is 5.14 Å². The maximum absolute atomic E-state index is 11.7. The topological polar surface area (TPSA) is 118 Å². The number of nitrogens with two attached hydrogens (primary N) is 1. The van der Waals surface area contributed by atoms with Gasteiger partial charge < -0.3 is 5.32 Å². The summed E-state index contributed by atoms with van der Waals surface area (Å²) in [5, 5.41) is 14.8. The normalized spacial score (nSPS) is 11.6. The van der Waals surface area contributed by atoms with Crippen LogP contribution in [-0.4, -0.2) is 36.8 Å². The van der Waals surface area contributed by atoms with Crippen LogP contribution in [0.25, 0.3) is 10.9 Å². The van der Waals surface area contributed by atoms with E-state index >= 15 is 0 Å². The van der Waals surface area contributed by atoms with Crippen LogP contribution in [0.1, 0.15) is 10.4 Å². The van der Waals surface area contributed by atoms with E-state index < -0.39 is 10.0 Å². The van der Waals surface area contributed by atoms with Crippen LogP contribution in [0.5, 0.6) is 0 Å². The summed E-state index contributed by atoms with van der Waals surface area (Å²) in [5.74, 6) is -0.638. The number of aromatic amines is 1. The third kappa shape index (κ3) is 3.05. The van der Waals surface area contributed by atoms with Crippen molar-refractivity contribution in [2.45, 2.75) is 0 Å². The van der Waals surface area contributed by atoms with Gasteiger partial charge in [-0.1, -0.05) is 6.07 Å². The SMILES string of the molecule is NS(=O)(=O)CCNC(=O)c1ccc2cn[nH]c2c1. The van der Waals surface area contributed by atoms with Gasteiger partial charge in [-0.2, -0.15) is 5.10 Å². The fourth-order valence-electron chi connectivity index (χ4n) is 1.49. The van der Waals surface area contributed by atoms with E-state index in [9.17, 15) is 13.2 Å². The first-order valence-electron chi connectivity index (χ1n) is 5.17. The Morgan fingerprint density at radius 3 is 2.94 bits per heavy atom. The van der Waals surface area contributed by atoms with Gasteiger partial charge in [-0.25, -0.2) is 13.6 Å². The van der Waals surface area contributed by atoms with Crippen molar-refractivity contribution in [3.8, 4) is 0 Å². The Morgan fingerprint density at radius 1 is 1.44 bits per heavy atom. The Balaban J connectivity index is 2.04. The summed E-state index contributed by atoms with van der Waals surface area (Å²) in [6, 6.07) is 5.05. The van der Waals surface area contributed by atoms with Gasteiger partial charge in [-0.15, -0.1) is 0 Å². The van der Waals surface area contributed by atoms with E-state index in [-0.39, 0.29) is 18.2 Å². The number of nitrogens with zero attached hydrogens (tertiary/aromatic N) is 1. The number of primary sulfonamides is 1. The summed E-state index contributed by atoms with van der Waals surface area (Å²) in [5.41, 5.74) is 1.18. The molecule has 2 aromatic rings. The summed E-state index contributed by atoms with van der Waals surface area (Å²) >= 11 is 0. The van der Waals surface area contributed by atoms with Gasteiger partial charge in [-0.05, 0) is 12.1 Å². The van der Waals surface area contributed by atoms with Crippen LogP contribution in [0.2, 0.25) is 0 Å². The molecule has 4 N–H and O–H groups in total. The van der Waals surface area contributed by atoms with Crippen molar-refractivity contribution in [2.75, 3.05) is 12.3 Å². The van der Waals surface area contributed by atoms with E-state index in [1.54, 1.807) is 24.4 Å². The van der Waals surface area contributed by atoms with E-state index in [0.29, 0.717) is 5.56 Å². The van der Waals surface area contributed by atoms with Gasteiger partial charge in [0.1, 0.15) is 0 Å². The molecular formula is C10H12N4O3S. The highest BCUT2D eigenvalue weighted by molar-refractivity contribution is 7.89. The molecule has 7 nitrogen and oxygen atoms in total. The van der Waals surface area contributed by atoms with Gasteiger partial charge in [0, 0.05) is 17.5 Å². The van der Waals surface area contributed by atoms with E-state index in [0.717, 1.165) is 10.9 Å². The molecule has 0 spiro atoms. The maximum atomic E-state index is 11.7. The number of nitrogens with one attached hydrogen (secondary N) is 2. The minimum atomic E-state index is -3.56. The average molecular weight is 268 g/mol. The first-order valence-corrected chi connectivity index (χ1v) is 6.89. The Bertz CT molecular complexity index is 677. The number of hydrogen-bond donors (Lipinski definition) is 3. The zero-order chi connectivity index (χ0) is 13.2. The Kier molecular flexibility index (Phi) is 3.30. The molecule has 1 amide bonds. The second-order valence-corrected chi connectivity index (χ2v) is 5.53. The average Bonchev–Trinajstić information content (AvgIpc) is 2.73. The molecule has 18 heavy (non-hydrogen) atoms. The smallest absolute Gasteiger partial charge is 0.251 e. The number of amides is 1. The monoisotopic (exact) mass is 268 g/mol. The molecule has 0 saturated carbocycles. The summed E-state index contributed by atoms with van der Waals surface area (Å²) in [7, 11) is -3.56. The summed E-state index contributed by atoms with van der Waals surface area (Å²) < 4.78 is 21.4. The highest BCUT2D eigenvalue weighted by Gasteiger charge is 2.08. The molecule has 0 aliphatic heterocycles. The summed E-state index contributed by atoms with van der Waals surface area (Å²) in [6.07, 6.45) is 1.65. The number of carbonyl (C=O) groups excluding carboxylic acids is 1. The molecule has 0 aliphatic rings. The van der Waals surface area contributed by atoms with Crippen molar-refractivity contribution >= 4 is 26.8 Å². The lowest BCUT2D eigenvalue weighted by molar-refractivity contribution is 0.0956. The molecule has 0 bridgehead atoms. The van der Waals surface area contributed by atoms with Crippen LogP contribution in [0, 0.1) is 0 Å². The van der Waals surface area contributed by atoms with E-state index in [1.807, 2.05) is 0 Å². The summed E-state index contributed by atoms with van der Waals surface area (Å²) in [4.78, 5) is 11.7. The molecular weight excluding hydrogens is 256 g/mol. The number of carbonyl (C=O) groups is 1. The third-order valence-corrected chi connectivity index (χ3v) is 3.15. The zero-order valence-electron chi connectivity index (χ0n) is 9.38. The molecule has 0 saturated heterocycles. The van der Waals surface area contributed by atoms with Gasteiger partial charge in [0.05, 0.1) is 17.5 Å². The van der Waals surface area contributed by atoms with Crippen molar-refractivity contribution in [3.63, 3.8) is 0 Å². The first kappa shape index (κ1) is 12.5. The second kappa shape index (κ2) is 4.75. The number of rotatable bonds is 4. The zero-order valence-corrected chi connectivity index (χ0v) is 10.2. The summed E-state index contributed by atoms with van der Waals surface area (Å²) in [6.45, 7) is -0.0152. The lowest BCUT2D eigenvalue weighted by Crippen LogP contribution is -2.31. The molecule has 1 aromatic heterocycles. The lowest BCUT2D eigenvalue weighted by Gasteiger charge is -2.04. The van der Waals surface area contributed by atoms with Crippen LogP contribution < -0.4 is 10.5 Å². The third-order valence-electron chi connectivity index (χ3n) is 2.38. The highest BCUT2D eigenvalue weighted by atomic mass is 32.2. The lowest BCUT2D eigenvalue weighted by atomic mass is 10.1. The van der Waals surface area contributed by atoms with Crippen LogP contribution in [-0.2, 0) is 10.0 Å². The van der Waals surface area contributed by atoms with Gasteiger partial charge in [0.25, 0.3) is 5.91 Å². The minimum Gasteiger partial charge on any atom is -0.351 e. The number of benzene rings is 1. The van der Waals surface area contributed by atoms with Crippen molar-refractivity contribution in [3.05, 3.63) is 30.0 Å². The molecule has 0 unspecified atom stereocenters. The molecule has 2 rings (SSSR count). The number of H-pyrrole nitrogens is 1. The standard InChI is InChI=1S/C10H12N4O3S/c11-18(16,17)4-3-12-10(15)7-1-2-8-6-13-14-9(8)5-7/h1-2,5-6H,3-4H2,(H,12,15)(H,13,14)(H2,11,16,17). The molecule has 96 valence electrons. The van der Waals surface area contributed by atoms with E-state index in [1.165, 1.54) is 0 Å². The van der Waals surface area contributed by atoms with Gasteiger partial charge in [-0.3, -0.25) is 9.89 Å². The molecule has 0 fully saturated rings. The maximum Gasteiger partial charge on any atom is 0.251 e. The van der Waals surface area contributed by atoms with Gasteiger partial charge in [0.15, 0.2) is 0 Å². The predicted octanol–water partition coefficient (Wildman–Crippen LogP) is -0.419. The Labute approximate surface area is 103 Å². The number of sulfonamides is 1. The van der Waals surface area contributed by atoms with Crippen LogP contribution in [0.4, 0.5) is 0 Å². The Hall–Kier alpha value is -1.93. The van der Waals surface area contributed by atoms with Crippen molar-refractivity contribution in [1.29, 1.82) is 0 Å². The highest BCUT2D eigenvalue weighted by Crippen LogP contribution is 2.12. The van der Waals surface area contributed by atoms with E-state index in [2.05, 4.69) is 15.5 Å². The van der Waals surface area contributed by atoms with Gasteiger partial charge >= 0.3 is 0 Å². The quantitative estimate of drug-likeness (QED) is 0.698. The van der Waals surface area contributed by atoms with Crippen LogP contribution in [0.3, 0.4) is 0 Å². The number of aromatic nitrogens is 2. The molecule has 1 aromatic carbocycles.